The van der Waals surface area contributed by atoms with Gasteiger partial charge in [0.2, 0.25) is 0 Å². The van der Waals surface area contributed by atoms with Crippen molar-refractivity contribution in [1.82, 2.24) is 0 Å². The highest BCUT2D eigenvalue weighted by Gasteiger charge is 2.31. The Hall–Kier alpha value is -0.0400. The molecule has 2 aliphatic rings. The maximum atomic E-state index is 2.48. The van der Waals surface area contributed by atoms with Gasteiger partial charge in [0.05, 0.1) is 0 Å². The molecule has 1 nitrogen and oxygen atoms in total. The highest BCUT2D eigenvalue weighted by molar-refractivity contribution is 4.82. The van der Waals surface area contributed by atoms with Gasteiger partial charge in [0.1, 0.15) is 0 Å². The monoisotopic (exact) mass is 256 g/mol. The first-order valence-electron chi connectivity index (χ1n) is 8.06. The van der Waals surface area contributed by atoms with Gasteiger partial charge in [-0.1, -0.05) is 53.4 Å². The molecular weight excluding hydrogens is 220 g/mol. The fraction of sp³-hybridized carbons (Fsp3) is 1.00. The average molecular weight is 256 g/mol. The second kappa shape index (κ2) is 6.93. The molecular formula is C17H36O. The summed E-state index contributed by atoms with van der Waals surface area (Å²) in [6, 6.07) is 0. The molecule has 2 unspecified atom stereocenters. The van der Waals surface area contributed by atoms with E-state index in [9.17, 15) is 0 Å². The molecule has 2 aliphatic carbocycles. The predicted molar refractivity (Wildman–Crippen MR) is 81.7 cm³/mol. The van der Waals surface area contributed by atoms with Crippen molar-refractivity contribution in [2.75, 3.05) is 0 Å². The van der Waals surface area contributed by atoms with E-state index in [-0.39, 0.29) is 6.90 Å². The molecule has 0 aromatic heterocycles. The van der Waals surface area contributed by atoms with Crippen molar-refractivity contribution in [1.29, 1.82) is 0 Å². The van der Waals surface area contributed by atoms with E-state index in [4.69, 9.17) is 0 Å². The third-order valence-electron chi connectivity index (χ3n) is 6.01. The van der Waals surface area contributed by atoms with Gasteiger partial charge in [-0.25, -0.2) is 0 Å². The molecule has 0 amide bonds. The van der Waals surface area contributed by atoms with Gasteiger partial charge in [-0.15, -0.1) is 0 Å². The van der Waals surface area contributed by atoms with Gasteiger partial charge in [0.25, 0.3) is 0 Å². The van der Waals surface area contributed by atoms with E-state index >= 15 is 0 Å². The lowest BCUT2D eigenvalue weighted by molar-refractivity contribution is 0.114. The van der Waals surface area contributed by atoms with E-state index < -0.39 is 0 Å². The molecule has 0 aliphatic heterocycles. The minimum Gasteiger partial charge on any atom is -0.412 e. The number of rotatable bonds is 2. The highest BCUT2D eigenvalue weighted by Crippen LogP contribution is 2.42. The Morgan fingerprint density at radius 2 is 1.28 bits per heavy atom. The van der Waals surface area contributed by atoms with Crippen molar-refractivity contribution in [3.05, 3.63) is 0 Å². The fourth-order valence-electron chi connectivity index (χ4n) is 4.37. The molecule has 0 radical (unpaired) electrons. The van der Waals surface area contributed by atoms with Crippen molar-refractivity contribution in [3.63, 3.8) is 0 Å². The van der Waals surface area contributed by atoms with Gasteiger partial charge in [0, 0.05) is 1.43 Å². The topological polar surface area (TPSA) is 31.5 Å². The Bertz CT molecular complexity index is 223. The van der Waals surface area contributed by atoms with Gasteiger partial charge >= 0.3 is 0 Å². The maximum Gasteiger partial charge on any atom is 0 e. The summed E-state index contributed by atoms with van der Waals surface area (Å²) in [6.45, 7) is 9.86. The number of hydrogen-bond acceptors (Lipinski definition) is 0. The van der Waals surface area contributed by atoms with Crippen LogP contribution in [0.1, 0.15) is 74.1 Å². The fourth-order valence-corrected chi connectivity index (χ4v) is 4.37. The van der Waals surface area contributed by atoms with Crippen molar-refractivity contribution in [2.45, 2.75) is 72.6 Å². The molecule has 0 heterocycles. The first-order valence-corrected chi connectivity index (χ1v) is 8.06. The second-order valence-corrected chi connectivity index (χ2v) is 7.51. The Labute approximate surface area is 116 Å². The lowest BCUT2D eigenvalue weighted by Crippen LogP contribution is -2.29. The lowest BCUT2D eigenvalue weighted by Gasteiger charge is -2.39. The first-order chi connectivity index (χ1) is 8.06. The quantitative estimate of drug-likeness (QED) is 0.670. The second-order valence-electron chi connectivity index (χ2n) is 7.51. The Morgan fingerprint density at radius 1 is 0.778 bits per heavy atom. The smallest absolute Gasteiger partial charge is 0 e. The van der Waals surface area contributed by atoms with Gasteiger partial charge in [-0.2, -0.15) is 0 Å². The molecule has 18 heavy (non-hydrogen) atoms. The van der Waals surface area contributed by atoms with Gasteiger partial charge in [-0.05, 0) is 54.8 Å². The Balaban J connectivity index is 0.00000162. The summed E-state index contributed by atoms with van der Waals surface area (Å²) in [5.41, 5.74) is 0. The van der Waals surface area contributed by atoms with Gasteiger partial charge < -0.3 is 5.48 Å². The van der Waals surface area contributed by atoms with Crippen molar-refractivity contribution >= 4 is 0 Å². The summed E-state index contributed by atoms with van der Waals surface area (Å²) in [6.07, 6.45) is 10.6. The molecule has 0 aromatic rings. The summed E-state index contributed by atoms with van der Waals surface area (Å²) >= 11 is 0. The zero-order chi connectivity index (χ0) is 12.4. The largest absolute Gasteiger partial charge is 0.412 e. The minimum absolute atomic E-state index is 0. The van der Waals surface area contributed by atoms with Crippen LogP contribution in [-0.4, -0.2) is 5.48 Å². The summed E-state index contributed by atoms with van der Waals surface area (Å²) in [5, 5.41) is 0. The molecule has 2 fully saturated rings. The lowest BCUT2D eigenvalue weighted by atomic mass is 9.66. The molecule has 0 aromatic carbocycles. The minimum atomic E-state index is 0. The summed E-state index contributed by atoms with van der Waals surface area (Å²) in [4.78, 5) is 0. The van der Waals surface area contributed by atoms with Crippen LogP contribution < -0.4 is 0 Å². The van der Waals surface area contributed by atoms with Crippen LogP contribution in [0.25, 0.3) is 0 Å². The molecule has 110 valence electrons. The van der Waals surface area contributed by atoms with Crippen molar-refractivity contribution < 1.29 is 6.90 Å². The SMILES string of the molecule is CC1CCC(CC2CC(C)C(C)C(C)C2)CC1.O.[HH]. The van der Waals surface area contributed by atoms with Crippen molar-refractivity contribution in [2.24, 2.45) is 35.5 Å². The summed E-state index contributed by atoms with van der Waals surface area (Å²) < 4.78 is 0. The van der Waals surface area contributed by atoms with Gasteiger partial charge in [-0.3, -0.25) is 0 Å². The number of hydrogen-bond donors (Lipinski definition) is 0. The zero-order valence-corrected chi connectivity index (χ0v) is 12.9. The molecule has 0 saturated heterocycles. The van der Waals surface area contributed by atoms with E-state index in [2.05, 4.69) is 27.7 Å². The molecule has 2 rings (SSSR count). The first kappa shape index (κ1) is 16.0. The Morgan fingerprint density at radius 3 is 1.78 bits per heavy atom. The molecule has 0 bridgehead atoms. The molecule has 2 N–H and O–H groups in total. The normalized spacial score (nSPS) is 45.3. The van der Waals surface area contributed by atoms with Crippen LogP contribution in [-0.2, 0) is 0 Å². The third kappa shape index (κ3) is 3.98. The molecule has 2 atom stereocenters. The maximum absolute atomic E-state index is 2.48. The van der Waals surface area contributed by atoms with E-state index in [1.807, 2.05) is 0 Å². The summed E-state index contributed by atoms with van der Waals surface area (Å²) in [7, 11) is 0. The standard InChI is InChI=1S/C17H32.H2O.H2/c1-12-5-7-16(8-6-12)11-17-9-13(2)15(4)14(3)10-17;;/h12-17H,5-11H2,1-4H3;1H2;1H. The van der Waals surface area contributed by atoms with Crippen LogP contribution in [0.15, 0.2) is 0 Å². The molecule has 2 saturated carbocycles. The third-order valence-corrected chi connectivity index (χ3v) is 6.01. The predicted octanol–water partition coefficient (Wildman–Crippen LogP) is 4.94. The van der Waals surface area contributed by atoms with E-state index in [0.717, 1.165) is 35.5 Å². The molecule has 0 spiro atoms. The molecule has 1 heteroatoms. The Kier molecular flexibility index (Phi) is 6.17. The van der Waals surface area contributed by atoms with Crippen molar-refractivity contribution in [3.8, 4) is 0 Å². The van der Waals surface area contributed by atoms with E-state index in [1.165, 1.54) is 38.5 Å². The van der Waals surface area contributed by atoms with Crippen LogP contribution >= 0.6 is 0 Å². The van der Waals surface area contributed by atoms with Crippen LogP contribution in [0.3, 0.4) is 0 Å². The average Bonchev–Trinajstić information content (AvgIpc) is 2.29. The highest BCUT2D eigenvalue weighted by atomic mass is 16.0. The zero-order valence-electron chi connectivity index (χ0n) is 12.9. The summed E-state index contributed by atoms with van der Waals surface area (Å²) in [5.74, 6) is 6.02. The van der Waals surface area contributed by atoms with Gasteiger partial charge in [0.15, 0.2) is 0 Å². The van der Waals surface area contributed by atoms with Crippen LogP contribution in [0, 0.1) is 35.5 Å². The van der Waals surface area contributed by atoms with Crippen LogP contribution in [0.5, 0.6) is 0 Å². The van der Waals surface area contributed by atoms with E-state index in [0.29, 0.717) is 0 Å². The van der Waals surface area contributed by atoms with E-state index in [1.54, 1.807) is 6.42 Å². The van der Waals surface area contributed by atoms with Crippen LogP contribution in [0.4, 0.5) is 0 Å². The van der Waals surface area contributed by atoms with Crippen LogP contribution in [0.2, 0.25) is 0 Å².